The molecule has 2 aromatic rings. The molecule has 0 bridgehead atoms. The van der Waals surface area contributed by atoms with Crippen LogP contribution in [0.2, 0.25) is 0 Å². The number of nitrogens with two attached hydrogens (primary N) is 1. The van der Waals surface area contributed by atoms with Gasteiger partial charge in [-0.2, -0.15) is 0 Å². The molecule has 0 amide bonds. The first kappa shape index (κ1) is 14.6. The van der Waals surface area contributed by atoms with Crippen molar-refractivity contribution in [1.82, 2.24) is 0 Å². The van der Waals surface area contributed by atoms with E-state index < -0.39 is 0 Å². The predicted molar refractivity (Wildman–Crippen MR) is 79.2 cm³/mol. The number of benzene rings is 1. The van der Waals surface area contributed by atoms with Crippen molar-refractivity contribution in [1.29, 1.82) is 0 Å². The summed E-state index contributed by atoms with van der Waals surface area (Å²) >= 11 is 0. The zero-order valence-corrected chi connectivity index (χ0v) is 12.2. The van der Waals surface area contributed by atoms with Crippen molar-refractivity contribution in [3.63, 3.8) is 0 Å². The molecule has 2 N–H and O–H groups in total. The fourth-order valence-electron chi connectivity index (χ4n) is 2.28. The molecule has 0 radical (unpaired) electrons. The number of aryl methyl sites for hydroxylation is 1. The summed E-state index contributed by atoms with van der Waals surface area (Å²) in [6, 6.07) is 6.99. The molecule has 0 aliphatic heterocycles. The van der Waals surface area contributed by atoms with Gasteiger partial charge in [0.05, 0.1) is 12.8 Å². The van der Waals surface area contributed by atoms with Gasteiger partial charge in [0.2, 0.25) is 0 Å². The Morgan fingerprint density at radius 1 is 1.40 bits per heavy atom. The fraction of sp³-hybridized carbons (Fsp3) is 0.375. The summed E-state index contributed by atoms with van der Waals surface area (Å²) in [7, 11) is 0. The quantitative estimate of drug-likeness (QED) is 0.903. The van der Waals surface area contributed by atoms with E-state index in [0.717, 1.165) is 23.6 Å². The molecule has 108 valence electrons. The molecule has 3 nitrogen and oxygen atoms in total. The molecule has 0 spiro atoms. The predicted octanol–water partition coefficient (Wildman–Crippen LogP) is 3.77. The standard InChI is InChI=1S/C16H21FN2O/c1-4-19(10-13-6-5-7-20-13)16-8-11(2)15(17)9-14(16)12(3)18/h5-9,12H,4,10,18H2,1-3H3. The lowest BCUT2D eigenvalue weighted by Gasteiger charge is -2.27. The second-order valence-corrected chi connectivity index (χ2v) is 5.04. The second kappa shape index (κ2) is 6.09. The highest BCUT2D eigenvalue weighted by Crippen LogP contribution is 2.29. The Bertz CT molecular complexity index is 564. The summed E-state index contributed by atoms with van der Waals surface area (Å²) in [5, 5.41) is 0. The number of hydrogen-bond acceptors (Lipinski definition) is 3. The maximum atomic E-state index is 13.8. The van der Waals surface area contributed by atoms with E-state index in [0.29, 0.717) is 12.1 Å². The third-order valence-corrected chi connectivity index (χ3v) is 3.45. The Balaban J connectivity index is 2.39. The van der Waals surface area contributed by atoms with Gasteiger partial charge >= 0.3 is 0 Å². The molecule has 2 rings (SSSR count). The van der Waals surface area contributed by atoms with Crippen LogP contribution in [-0.4, -0.2) is 6.54 Å². The molecule has 1 unspecified atom stereocenters. The largest absolute Gasteiger partial charge is 0.467 e. The molecule has 0 saturated carbocycles. The fourth-order valence-corrected chi connectivity index (χ4v) is 2.28. The van der Waals surface area contributed by atoms with E-state index in [1.807, 2.05) is 25.1 Å². The van der Waals surface area contributed by atoms with Crippen LogP contribution in [0.3, 0.4) is 0 Å². The first-order chi connectivity index (χ1) is 9.52. The van der Waals surface area contributed by atoms with Crippen molar-refractivity contribution >= 4 is 5.69 Å². The first-order valence-electron chi connectivity index (χ1n) is 6.85. The Labute approximate surface area is 119 Å². The van der Waals surface area contributed by atoms with Gasteiger partial charge < -0.3 is 15.1 Å². The molecule has 1 aromatic heterocycles. The van der Waals surface area contributed by atoms with Gasteiger partial charge in [-0.3, -0.25) is 0 Å². The van der Waals surface area contributed by atoms with E-state index in [9.17, 15) is 4.39 Å². The molecule has 0 aliphatic carbocycles. The zero-order chi connectivity index (χ0) is 14.7. The molecule has 1 heterocycles. The van der Waals surface area contributed by atoms with Gasteiger partial charge in [0.1, 0.15) is 11.6 Å². The zero-order valence-electron chi connectivity index (χ0n) is 12.2. The Kier molecular flexibility index (Phi) is 4.45. The molecule has 4 heteroatoms. The van der Waals surface area contributed by atoms with E-state index in [1.54, 1.807) is 19.3 Å². The topological polar surface area (TPSA) is 42.4 Å². The Morgan fingerprint density at radius 2 is 2.15 bits per heavy atom. The van der Waals surface area contributed by atoms with Crippen LogP contribution in [0, 0.1) is 12.7 Å². The minimum atomic E-state index is -0.217. The van der Waals surface area contributed by atoms with Gasteiger partial charge in [-0.25, -0.2) is 4.39 Å². The highest BCUT2D eigenvalue weighted by atomic mass is 19.1. The van der Waals surface area contributed by atoms with Gasteiger partial charge in [-0.15, -0.1) is 0 Å². The number of nitrogens with zero attached hydrogens (tertiary/aromatic N) is 1. The number of rotatable bonds is 5. The van der Waals surface area contributed by atoms with Crippen LogP contribution in [0.4, 0.5) is 10.1 Å². The van der Waals surface area contributed by atoms with Crippen molar-refractivity contribution < 1.29 is 8.81 Å². The molecule has 0 saturated heterocycles. The third-order valence-electron chi connectivity index (χ3n) is 3.45. The van der Waals surface area contributed by atoms with Crippen molar-refractivity contribution in [3.8, 4) is 0 Å². The molecule has 1 atom stereocenters. The highest BCUT2D eigenvalue weighted by molar-refractivity contribution is 5.57. The Hall–Kier alpha value is -1.81. The summed E-state index contributed by atoms with van der Waals surface area (Å²) in [6.45, 7) is 7.14. The van der Waals surface area contributed by atoms with Gasteiger partial charge in [-0.05, 0) is 56.2 Å². The van der Waals surface area contributed by atoms with Crippen LogP contribution in [0.5, 0.6) is 0 Å². The lowest BCUT2D eigenvalue weighted by Crippen LogP contribution is -2.25. The van der Waals surface area contributed by atoms with Crippen molar-refractivity contribution in [2.24, 2.45) is 5.73 Å². The SMILES string of the molecule is CCN(Cc1ccco1)c1cc(C)c(F)cc1C(C)N. The van der Waals surface area contributed by atoms with Crippen molar-refractivity contribution in [2.75, 3.05) is 11.4 Å². The first-order valence-corrected chi connectivity index (χ1v) is 6.85. The summed E-state index contributed by atoms with van der Waals surface area (Å²) in [4.78, 5) is 2.14. The van der Waals surface area contributed by atoms with Crippen LogP contribution in [0.15, 0.2) is 34.9 Å². The summed E-state index contributed by atoms with van der Waals surface area (Å²) in [5.41, 5.74) is 8.40. The van der Waals surface area contributed by atoms with E-state index >= 15 is 0 Å². The number of hydrogen-bond donors (Lipinski definition) is 1. The Morgan fingerprint density at radius 3 is 2.70 bits per heavy atom. The maximum Gasteiger partial charge on any atom is 0.126 e. The maximum absolute atomic E-state index is 13.8. The van der Waals surface area contributed by atoms with E-state index in [2.05, 4.69) is 11.8 Å². The van der Waals surface area contributed by atoms with Crippen molar-refractivity contribution in [3.05, 3.63) is 53.2 Å². The van der Waals surface area contributed by atoms with Crippen LogP contribution in [0.1, 0.15) is 36.8 Å². The van der Waals surface area contributed by atoms with E-state index in [1.165, 1.54) is 0 Å². The van der Waals surface area contributed by atoms with Gasteiger partial charge in [0.25, 0.3) is 0 Å². The van der Waals surface area contributed by atoms with Gasteiger partial charge in [0, 0.05) is 18.3 Å². The highest BCUT2D eigenvalue weighted by Gasteiger charge is 2.16. The molecule has 0 aliphatic rings. The van der Waals surface area contributed by atoms with Gasteiger partial charge in [0.15, 0.2) is 0 Å². The minimum Gasteiger partial charge on any atom is -0.467 e. The molecule has 0 fully saturated rings. The molecular weight excluding hydrogens is 255 g/mol. The smallest absolute Gasteiger partial charge is 0.126 e. The number of anilines is 1. The minimum absolute atomic E-state index is 0.213. The number of halogens is 1. The van der Waals surface area contributed by atoms with E-state index in [-0.39, 0.29) is 11.9 Å². The van der Waals surface area contributed by atoms with Crippen LogP contribution in [0.25, 0.3) is 0 Å². The average Bonchev–Trinajstić information content (AvgIpc) is 2.91. The number of furan rings is 1. The lowest BCUT2D eigenvalue weighted by atomic mass is 10.0. The van der Waals surface area contributed by atoms with Crippen LogP contribution >= 0.6 is 0 Å². The molecular formula is C16H21FN2O. The van der Waals surface area contributed by atoms with Crippen molar-refractivity contribution in [2.45, 2.75) is 33.4 Å². The average molecular weight is 276 g/mol. The van der Waals surface area contributed by atoms with Crippen LogP contribution < -0.4 is 10.6 Å². The molecule has 1 aromatic carbocycles. The van der Waals surface area contributed by atoms with Gasteiger partial charge in [-0.1, -0.05) is 0 Å². The summed E-state index contributed by atoms with van der Waals surface area (Å²) in [5.74, 6) is 0.666. The second-order valence-electron chi connectivity index (χ2n) is 5.04. The third kappa shape index (κ3) is 3.02. The summed E-state index contributed by atoms with van der Waals surface area (Å²) < 4.78 is 19.2. The lowest BCUT2D eigenvalue weighted by molar-refractivity contribution is 0.503. The molecule has 20 heavy (non-hydrogen) atoms. The normalized spacial score (nSPS) is 12.4. The van der Waals surface area contributed by atoms with E-state index in [4.69, 9.17) is 10.2 Å². The monoisotopic (exact) mass is 276 g/mol. The summed E-state index contributed by atoms with van der Waals surface area (Å²) in [6.07, 6.45) is 1.66. The van der Waals surface area contributed by atoms with Crippen LogP contribution in [-0.2, 0) is 6.54 Å².